The van der Waals surface area contributed by atoms with Gasteiger partial charge in [-0.25, -0.2) is 8.78 Å². The van der Waals surface area contributed by atoms with E-state index in [1.807, 2.05) is 6.07 Å². The van der Waals surface area contributed by atoms with Crippen LogP contribution in [0, 0.1) is 18.3 Å². The summed E-state index contributed by atoms with van der Waals surface area (Å²) in [5.74, 6) is 0. The summed E-state index contributed by atoms with van der Waals surface area (Å²) in [6.07, 6.45) is -2.53. The van der Waals surface area contributed by atoms with Crippen LogP contribution in [0.5, 0.6) is 0 Å². The van der Waals surface area contributed by atoms with Gasteiger partial charge < -0.3 is 5.73 Å². The van der Waals surface area contributed by atoms with Gasteiger partial charge in [-0.15, -0.1) is 0 Å². The van der Waals surface area contributed by atoms with Crippen LogP contribution in [0.3, 0.4) is 0 Å². The number of hydrogen-bond donors (Lipinski definition) is 1. The van der Waals surface area contributed by atoms with Crippen molar-refractivity contribution in [3.63, 3.8) is 0 Å². The molecule has 0 atom stereocenters. The standard InChI is InChI=1S/C10H11F2N3/c1-6-7(2-3-13)4-8(10(11)12)15-9(6)5-14/h4,10H,2,5,14H2,1H3. The minimum atomic E-state index is -2.63. The van der Waals surface area contributed by atoms with Gasteiger partial charge in [0.2, 0.25) is 0 Å². The van der Waals surface area contributed by atoms with E-state index < -0.39 is 6.43 Å². The maximum atomic E-state index is 12.4. The number of nitrogens with zero attached hydrogens (tertiary/aromatic N) is 2. The van der Waals surface area contributed by atoms with Gasteiger partial charge in [-0.2, -0.15) is 5.26 Å². The SMILES string of the molecule is Cc1c(CC#N)cc(C(F)F)nc1CN. The molecule has 0 bridgehead atoms. The molecule has 0 saturated heterocycles. The predicted molar refractivity (Wildman–Crippen MR) is 51.1 cm³/mol. The lowest BCUT2D eigenvalue weighted by molar-refractivity contribution is 0.145. The first kappa shape index (κ1) is 11.5. The quantitative estimate of drug-likeness (QED) is 0.829. The molecule has 0 fully saturated rings. The largest absolute Gasteiger partial charge is 0.325 e. The fraction of sp³-hybridized carbons (Fsp3) is 0.400. The monoisotopic (exact) mass is 211 g/mol. The van der Waals surface area contributed by atoms with E-state index in [2.05, 4.69) is 4.98 Å². The Bertz CT molecular complexity index is 396. The highest BCUT2D eigenvalue weighted by Crippen LogP contribution is 2.21. The highest BCUT2D eigenvalue weighted by atomic mass is 19.3. The zero-order valence-electron chi connectivity index (χ0n) is 8.30. The smallest absolute Gasteiger partial charge is 0.280 e. The Morgan fingerprint density at radius 1 is 1.60 bits per heavy atom. The van der Waals surface area contributed by atoms with E-state index >= 15 is 0 Å². The van der Waals surface area contributed by atoms with Crippen molar-refractivity contribution >= 4 is 0 Å². The number of halogens is 2. The molecule has 0 amide bonds. The van der Waals surface area contributed by atoms with Crippen molar-refractivity contribution in [3.05, 3.63) is 28.6 Å². The minimum absolute atomic E-state index is 0.0983. The molecule has 15 heavy (non-hydrogen) atoms. The van der Waals surface area contributed by atoms with Gasteiger partial charge in [0.15, 0.2) is 0 Å². The molecule has 1 heterocycles. The van der Waals surface area contributed by atoms with E-state index in [0.29, 0.717) is 11.3 Å². The van der Waals surface area contributed by atoms with E-state index in [-0.39, 0.29) is 18.7 Å². The molecular weight excluding hydrogens is 200 g/mol. The maximum Gasteiger partial charge on any atom is 0.280 e. The van der Waals surface area contributed by atoms with E-state index in [1.165, 1.54) is 6.07 Å². The number of pyridine rings is 1. The molecular formula is C10H11F2N3. The van der Waals surface area contributed by atoms with Gasteiger partial charge in [0.05, 0.1) is 18.2 Å². The molecule has 2 N–H and O–H groups in total. The molecule has 3 nitrogen and oxygen atoms in total. The fourth-order valence-corrected chi connectivity index (χ4v) is 1.32. The van der Waals surface area contributed by atoms with Gasteiger partial charge in [0.25, 0.3) is 6.43 Å². The first-order chi connectivity index (χ1) is 7.10. The summed E-state index contributed by atoms with van der Waals surface area (Å²) in [5, 5.41) is 8.55. The summed E-state index contributed by atoms with van der Waals surface area (Å²) < 4.78 is 24.9. The number of nitrogens with two attached hydrogens (primary N) is 1. The molecule has 1 aromatic heterocycles. The third-order valence-electron chi connectivity index (χ3n) is 2.19. The van der Waals surface area contributed by atoms with Crippen LogP contribution in [0.4, 0.5) is 8.78 Å². The van der Waals surface area contributed by atoms with Crippen LogP contribution >= 0.6 is 0 Å². The summed E-state index contributed by atoms with van der Waals surface area (Å²) in [4.78, 5) is 3.75. The van der Waals surface area contributed by atoms with Crippen LogP contribution in [0.25, 0.3) is 0 Å². The third kappa shape index (κ3) is 2.48. The average molecular weight is 211 g/mol. The topological polar surface area (TPSA) is 62.7 Å². The normalized spacial score (nSPS) is 10.4. The Morgan fingerprint density at radius 3 is 2.73 bits per heavy atom. The Labute approximate surface area is 86.5 Å². The minimum Gasteiger partial charge on any atom is -0.325 e. The first-order valence-corrected chi connectivity index (χ1v) is 4.44. The Morgan fingerprint density at radius 2 is 2.27 bits per heavy atom. The molecule has 1 aromatic rings. The van der Waals surface area contributed by atoms with Crippen LogP contribution < -0.4 is 5.73 Å². The summed E-state index contributed by atoms with van der Waals surface area (Å²) >= 11 is 0. The zero-order valence-corrected chi connectivity index (χ0v) is 8.30. The van der Waals surface area contributed by atoms with Gasteiger partial charge >= 0.3 is 0 Å². The van der Waals surface area contributed by atoms with Crippen molar-refractivity contribution in [1.29, 1.82) is 5.26 Å². The average Bonchev–Trinajstić information content (AvgIpc) is 2.21. The van der Waals surface area contributed by atoms with Crippen molar-refractivity contribution < 1.29 is 8.78 Å². The predicted octanol–water partition coefficient (Wildman–Crippen LogP) is 1.85. The van der Waals surface area contributed by atoms with Crippen LogP contribution in [0.2, 0.25) is 0 Å². The lowest BCUT2D eigenvalue weighted by Crippen LogP contribution is -2.08. The van der Waals surface area contributed by atoms with Gasteiger partial charge in [-0.05, 0) is 24.1 Å². The molecule has 0 aliphatic rings. The van der Waals surface area contributed by atoms with Gasteiger partial charge in [-0.1, -0.05) is 0 Å². The summed E-state index contributed by atoms with van der Waals surface area (Å²) in [6.45, 7) is 1.84. The van der Waals surface area contributed by atoms with Crippen molar-refractivity contribution in [2.24, 2.45) is 5.73 Å². The van der Waals surface area contributed by atoms with Crippen molar-refractivity contribution in [2.75, 3.05) is 0 Å². The molecule has 0 aromatic carbocycles. The maximum absolute atomic E-state index is 12.4. The molecule has 0 aliphatic heterocycles. The highest BCUT2D eigenvalue weighted by molar-refractivity contribution is 5.34. The fourth-order valence-electron chi connectivity index (χ4n) is 1.32. The third-order valence-corrected chi connectivity index (χ3v) is 2.19. The summed E-state index contributed by atoms with van der Waals surface area (Å²) in [5.41, 5.74) is 6.81. The molecule has 5 heteroatoms. The van der Waals surface area contributed by atoms with Crippen LogP contribution in [0.1, 0.15) is 28.9 Å². The summed E-state index contributed by atoms with van der Waals surface area (Å²) in [7, 11) is 0. The molecule has 0 aliphatic carbocycles. The number of nitriles is 1. The second-order valence-corrected chi connectivity index (χ2v) is 3.12. The zero-order chi connectivity index (χ0) is 11.4. The second-order valence-electron chi connectivity index (χ2n) is 3.12. The summed E-state index contributed by atoms with van der Waals surface area (Å²) in [6, 6.07) is 3.20. The lowest BCUT2D eigenvalue weighted by Gasteiger charge is -2.09. The highest BCUT2D eigenvalue weighted by Gasteiger charge is 2.14. The Hall–Kier alpha value is -1.54. The first-order valence-electron chi connectivity index (χ1n) is 4.44. The van der Waals surface area contributed by atoms with Crippen molar-refractivity contribution in [3.8, 4) is 6.07 Å². The second kappa shape index (κ2) is 4.80. The number of aromatic nitrogens is 1. The van der Waals surface area contributed by atoms with Crippen LogP contribution in [-0.4, -0.2) is 4.98 Å². The van der Waals surface area contributed by atoms with Gasteiger partial charge in [-0.3, -0.25) is 4.98 Å². The Balaban J connectivity index is 3.26. The van der Waals surface area contributed by atoms with E-state index in [4.69, 9.17) is 11.0 Å². The van der Waals surface area contributed by atoms with E-state index in [1.54, 1.807) is 6.92 Å². The number of alkyl halides is 2. The van der Waals surface area contributed by atoms with E-state index in [9.17, 15) is 8.78 Å². The molecule has 0 spiro atoms. The van der Waals surface area contributed by atoms with E-state index in [0.717, 1.165) is 5.56 Å². The molecule has 0 radical (unpaired) electrons. The molecule has 0 saturated carbocycles. The number of hydrogen-bond acceptors (Lipinski definition) is 3. The molecule has 1 rings (SSSR count). The van der Waals surface area contributed by atoms with Crippen LogP contribution in [0.15, 0.2) is 6.07 Å². The number of rotatable bonds is 3. The van der Waals surface area contributed by atoms with Gasteiger partial charge in [0.1, 0.15) is 5.69 Å². The lowest BCUT2D eigenvalue weighted by atomic mass is 10.0. The Kier molecular flexibility index (Phi) is 3.69. The van der Waals surface area contributed by atoms with Crippen molar-refractivity contribution in [1.82, 2.24) is 4.98 Å². The molecule has 0 unspecified atom stereocenters. The van der Waals surface area contributed by atoms with Crippen molar-refractivity contribution in [2.45, 2.75) is 26.3 Å². The molecule has 80 valence electrons. The van der Waals surface area contributed by atoms with Gasteiger partial charge in [0, 0.05) is 6.54 Å². The van der Waals surface area contributed by atoms with Crippen LogP contribution in [-0.2, 0) is 13.0 Å².